The first-order valence-corrected chi connectivity index (χ1v) is 7.71. The highest BCUT2D eigenvalue weighted by molar-refractivity contribution is 5.74. The lowest BCUT2D eigenvalue weighted by atomic mass is 9.89. The molecule has 2 N–H and O–H groups in total. The largest absolute Gasteiger partial charge is 0.393 e. The molecule has 1 aliphatic heterocycles. The first-order valence-electron chi connectivity index (χ1n) is 7.71. The summed E-state index contributed by atoms with van der Waals surface area (Å²) in [6.07, 6.45) is 6.75. The van der Waals surface area contributed by atoms with Crippen molar-refractivity contribution in [3.8, 4) is 0 Å². The van der Waals surface area contributed by atoms with Gasteiger partial charge in [-0.25, -0.2) is 4.79 Å². The molecule has 0 bridgehead atoms. The molecule has 0 spiro atoms. The molecular formula is C15H28N2O2. The molecule has 1 saturated carbocycles. The Hall–Kier alpha value is -0.770. The van der Waals surface area contributed by atoms with Crippen LogP contribution in [0.25, 0.3) is 0 Å². The maximum Gasteiger partial charge on any atom is 0.317 e. The van der Waals surface area contributed by atoms with Gasteiger partial charge in [0.1, 0.15) is 0 Å². The summed E-state index contributed by atoms with van der Waals surface area (Å²) in [4.78, 5) is 14.1. The van der Waals surface area contributed by atoms with Gasteiger partial charge in [0.2, 0.25) is 0 Å². The van der Waals surface area contributed by atoms with Gasteiger partial charge in [0.25, 0.3) is 0 Å². The fraction of sp³-hybridized carbons (Fsp3) is 0.933. The van der Waals surface area contributed by atoms with Crippen LogP contribution in [-0.2, 0) is 0 Å². The smallest absolute Gasteiger partial charge is 0.317 e. The van der Waals surface area contributed by atoms with Crippen LogP contribution in [0.3, 0.4) is 0 Å². The third kappa shape index (κ3) is 3.85. The number of hydrogen-bond donors (Lipinski definition) is 2. The van der Waals surface area contributed by atoms with Gasteiger partial charge in [-0.15, -0.1) is 0 Å². The van der Waals surface area contributed by atoms with Gasteiger partial charge >= 0.3 is 6.03 Å². The maximum atomic E-state index is 12.2. The lowest BCUT2D eigenvalue weighted by Crippen LogP contribution is -2.49. The summed E-state index contributed by atoms with van der Waals surface area (Å²) in [5.41, 5.74) is 0.301. The van der Waals surface area contributed by atoms with Crippen molar-refractivity contribution in [3.63, 3.8) is 0 Å². The molecule has 0 aromatic heterocycles. The van der Waals surface area contributed by atoms with Crippen molar-refractivity contribution < 1.29 is 9.90 Å². The molecule has 1 heterocycles. The van der Waals surface area contributed by atoms with Crippen LogP contribution in [0.2, 0.25) is 0 Å². The van der Waals surface area contributed by atoms with Crippen molar-refractivity contribution in [1.82, 2.24) is 10.2 Å². The van der Waals surface area contributed by atoms with Crippen LogP contribution >= 0.6 is 0 Å². The second-order valence-electron chi connectivity index (χ2n) is 6.77. The van der Waals surface area contributed by atoms with E-state index in [1.54, 1.807) is 0 Å². The van der Waals surface area contributed by atoms with Gasteiger partial charge in [-0.1, -0.05) is 19.8 Å². The van der Waals surface area contributed by atoms with E-state index in [-0.39, 0.29) is 18.1 Å². The van der Waals surface area contributed by atoms with Crippen LogP contribution in [-0.4, -0.2) is 41.8 Å². The van der Waals surface area contributed by atoms with E-state index in [1.807, 2.05) is 11.8 Å². The summed E-state index contributed by atoms with van der Waals surface area (Å²) in [5.74, 6) is 0.238. The maximum absolute atomic E-state index is 12.2. The number of amides is 2. The van der Waals surface area contributed by atoms with Crippen molar-refractivity contribution in [1.29, 1.82) is 0 Å². The van der Waals surface area contributed by atoms with Gasteiger partial charge in [0.15, 0.2) is 0 Å². The van der Waals surface area contributed by atoms with E-state index in [1.165, 1.54) is 25.7 Å². The number of nitrogens with zero attached hydrogens (tertiary/aromatic N) is 1. The molecule has 2 rings (SSSR count). The molecule has 2 aliphatic rings. The van der Waals surface area contributed by atoms with E-state index < -0.39 is 0 Å². The summed E-state index contributed by atoms with van der Waals surface area (Å²) >= 11 is 0. The highest BCUT2D eigenvalue weighted by Crippen LogP contribution is 2.36. The Bertz CT molecular complexity index is 311. The van der Waals surface area contributed by atoms with Crippen LogP contribution < -0.4 is 5.32 Å². The van der Waals surface area contributed by atoms with Gasteiger partial charge in [-0.3, -0.25) is 0 Å². The predicted octanol–water partition coefficient (Wildman–Crippen LogP) is 2.37. The molecule has 2 unspecified atom stereocenters. The van der Waals surface area contributed by atoms with Crippen molar-refractivity contribution in [2.24, 2.45) is 11.3 Å². The first-order chi connectivity index (χ1) is 9.00. The summed E-state index contributed by atoms with van der Waals surface area (Å²) in [6, 6.07) is 0.0541. The van der Waals surface area contributed by atoms with E-state index in [0.29, 0.717) is 12.0 Å². The molecule has 4 heteroatoms. The molecule has 2 amide bonds. The quantitative estimate of drug-likeness (QED) is 0.825. The highest BCUT2D eigenvalue weighted by Gasteiger charge is 2.31. The van der Waals surface area contributed by atoms with Crippen LogP contribution in [0.5, 0.6) is 0 Å². The molecule has 0 aromatic carbocycles. The molecule has 1 saturated heterocycles. The number of urea groups is 1. The van der Waals surface area contributed by atoms with Crippen molar-refractivity contribution in [2.75, 3.05) is 19.6 Å². The van der Waals surface area contributed by atoms with E-state index in [4.69, 9.17) is 0 Å². The third-order valence-electron chi connectivity index (χ3n) is 4.90. The van der Waals surface area contributed by atoms with Gasteiger partial charge in [0.05, 0.1) is 6.10 Å². The summed E-state index contributed by atoms with van der Waals surface area (Å²) < 4.78 is 0. The molecule has 2 atom stereocenters. The normalized spacial score (nSPS) is 28.2. The summed E-state index contributed by atoms with van der Waals surface area (Å²) in [7, 11) is 0. The lowest BCUT2D eigenvalue weighted by Gasteiger charge is -2.35. The lowest BCUT2D eigenvalue weighted by molar-refractivity contribution is 0.0732. The van der Waals surface area contributed by atoms with Gasteiger partial charge in [-0.2, -0.15) is 0 Å². The number of piperidine rings is 1. The van der Waals surface area contributed by atoms with E-state index in [0.717, 1.165) is 25.9 Å². The molecule has 0 radical (unpaired) electrons. The van der Waals surface area contributed by atoms with Crippen LogP contribution in [0.1, 0.15) is 52.4 Å². The number of aliphatic hydroxyl groups excluding tert-OH is 1. The van der Waals surface area contributed by atoms with Gasteiger partial charge in [0, 0.05) is 25.6 Å². The van der Waals surface area contributed by atoms with Crippen LogP contribution in [0, 0.1) is 11.3 Å². The van der Waals surface area contributed by atoms with Gasteiger partial charge < -0.3 is 15.3 Å². The van der Waals surface area contributed by atoms with E-state index in [2.05, 4.69) is 12.2 Å². The molecule has 0 aromatic rings. The zero-order valence-electron chi connectivity index (χ0n) is 12.3. The van der Waals surface area contributed by atoms with Gasteiger partial charge in [-0.05, 0) is 38.0 Å². The molecular weight excluding hydrogens is 240 g/mol. The summed E-state index contributed by atoms with van der Waals surface area (Å²) in [5, 5.41) is 12.8. The monoisotopic (exact) mass is 268 g/mol. The second kappa shape index (κ2) is 6.12. The number of hydrogen-bond acceptors (Lipinski definition) is 2. The average molecular weight is 268 g/mol. The van der Waals surface area contributed by atoms with E-state index in [9.17, 15) is 9.90 Å². The number of aliphatic hydroxyl groups is 1. The Morgan fingerprint density at radius 1 is 1.42 bits per heavy atom. The third-order valence-corrected chi connectivity index (χ3v) is 4.90. The van der Waals surface area contributed by atoms with Crippen molar-refractivity contribution in [2.45, 2.75) is 58.5 Å². The van der Waals surface area contributed by atoms with Crippen LogP contribution in [0.4, 0.5) is 4.79 Å². The Kier molecular flexibility index (Phi) is 4.71. The average Bonchev–Trinajstić information content (AvgIpc) is 2.83. The topological polar surface area (TPSA) is 52.6 Å². The number of carbonyl (C=O) groups is 1. The number of likely N-dealkylation sites (tertiary alicyclic amines) is 1. The minimum Gasteiger partial charge on any atom is -0.393 e. The Balaban J connectivity index is 1.79. The molecule has 1 aliphatic carbocycles. The Labute approximate surface area is 116 Å². The molecule has 110 valence electrons. The highest BCUT2D eigenvalue weighted by atomic mass is 16.3. The first kappa shape index (κ1) is 14.6. The fourth-order valence-corrected chi connectivity index (χ4v) is 3.39. The number of rotatable bonds is 3. The zero-order valence-corrected chi connectivity index (χ0v) is 12.3. The molecule has 2 fully saturated rings. The zero-order chi connectivity index (χ0) is 13.9. The van der Waals surface area contributed by atoms with Crippen LogP contribution in [0.15, 0.2) is 0 Å². The minimum absolute atomic E-state index is 0.0541. The summed E-state index contributed by atoms with van der Waals surface area (Å²) in [6.45, 7) is 6.41. The van der Waals surface area contributed by atoms with Crippen molar-refractivity contribution in [3.05, 3.63) is 0 Å². The minimum atomic E-state index is -0.317. The number of carbonyl (C=O) groups excluding carboxylic acids is 1. The number of nitrogens with one attached hydrogen (secondary N) is 1. The predicted molar refractivity (Wildman–Crippen MR) is 76.0 cm³/mol. The SMILES string of the molecule is CC(O)C1CCCN(C(=O)NCC2(C)CCCC2)C1. The Morgan fingerprint density at radius 3 is 2.74 bits per heavy atom. The van der Waals surface area contributed by atoms with E-state index >= 15 is 0 Å². The Morgan fingerprint density at radius 2 is 2.11 bits per heavy atom. The fourth-order valence-electron chi connectivity index (χ4n) is 3.39. The second-order valence-corrected chi connectivity index (χ2v) is 6.77. The standard InChI is InChI=1S/C15H28N2O2/c1-12(18)13-6-5-9-17(10-13)14(19)16-11-15(2)7-3-4-8-15/h12-13,18H,3-11H2,1-2H3,(H,16,19). The molecule has 4 nitrogen and oxygen atoms in total. The molecule has 19 heavy (non-hydrogen) atoms. The van der Waals surface area contributed by atoms with Crippen molar-refractivity contribution >= 4 is 6.03 Å².